The standard InChI is InChI=1S/C16H30N2OS/c1-11-8-18(9-12(2)20-11)10-16(17)13-6-5-7-19-14(13)15(16,3)4/h11-14H,5-10,17H2,1-4H3. The number of hydrogen-bond donors (Lipinski definition) is 1. The van der Waals surface area contributed by atoms with Crippen LogP contribution in [0.3, 0.4) is 0 Å². The molecule has 0 radical (unpaired) electrons. The van der Waals surface area contributed by atoms with E-state index in [-0.39, 0.29) is 11.0 Å². The van der Waals surface area contributed by atoms with E-state index in [2.05, 4.69) is 44.4 Å². The van der Waals surface area contributed by atoms with E-state index in [1.807, 2.05) is 0 Å². The lowest BCUT2D eigenvalue weighted by molar-refractivity contribution is -0.232. The molecule has 1 saturated carbocycles. The van der Waals surface area contributed by atoms with E-state index < -0.39 is 0 Å². The van der Waals surface area contributed by atoms with Crippen molar-refractivity contribution in [3.63, 3.8) is 0 Å². The van der Waals surface area contributed by atoms with Crippen molar-refractivity contribution in [3.8, 4) is 0 Å². The summed E-state index contributed by atoms with van der Waals surface area (Å²) in [5, 5.41) is 1.45. The van der Waals surface area contributed by atoms with Crippen LogP contribution in [0.25, 0.3) is 0 Å². The molecule has 116 valence electrons. The predicted octanol–water partition coefficient (Wildman–Crippen LogP) is 2.34. The minimum Gasteiger partial charge on any atom is -0.377 e. The number of nitrogens with two attached hydrogens (primary N) is 1. The summed E-state index contributed by atoms with van der Waals surface area (Å²) in [6, 6.07) is 0. The second-order valence-corrected chi connectivity index (χ2v) is 9.64. The highest BCUT2D eigenvalue weighted by Crippen LogP contribution is 2.57. The molecular formula is C16H30N2OS. The summed E-state index contributed by atoms with van der Waals surface area (Å²) in [4.78, 5) is 2.61. The lowest BCUT2D eigenvalue weighted by Crippen LogP contribution is -2.80. The van der Waals surface area contributed by atoms with E-state index in [1.165, 1.54) is 25.9 Å². The first-order valence-electron chi connectivity index (χ1n) is 8.13. The molecule has 0 aromatic heterocycles. The van der Waals surface area contributed by atoms with Crippen molar-refractivity contribution < 1.29 is 4.74 Å². The number of fused-ring (bicyclic) bond motifs is 1. The summed E-state index contributed by atoms with van der Waals surface area (Å²) >= 11 is 2.11. The predicted molar refractivity (Wildman–Crippen MR) is 86.1 cm³/mol. The van der Waals surface area contributed by atoms with Gasteiger partial charge < -0.3 is 10.5 Å². The molecule has 2 aliphatic heterocycles. The molecule has 1 aliphatic carbocycles. The maximum absolute atomic E-state index is 6.93. The monoisotopic (exact) mass is 298 g/mol. The maximum atomic E-state index is 6.93. The maximum Gasteiger partial charge on any atom is 0.0690 e. The summed E-state index contributed by atoms with van der Waals surface area (Å²) < 4.78 is 6.02. The Kier molecular flexibility index (Phi) is 3.90. The van der Waals surface area contributed by atoms with E-state index in [4.69, 9.17) is 10.5 Å². The average Bonchev–Trinajstić information content (AvgIpc) is 2.37. The Labute approximate surface area is 128 Å². The van der Waals surface area contributed by atoms with Crippen LogP contribution in [0.5, 0.6) is 0 Å². The molecule has 2 heterocycles. The van der Waals surface area contributed by atoms with E-state index >= 15 is 0 Å². The fraction of sp³-hybridized carbons (Fsp3) is 1.00. The highest BCUT2D eigenvalue weighted by molar-refractivity contribution is 8.00. The van der Waals surface area contributed by atoms with Gasteiger partial charge in [-0.1, -0.05) is 27.7 Å². The van der Waals surface area contributed by atoms with Gasteiger partial charge in [-0.3, -0.25) is 4.90 Å². The molecule has 0 aromatic carbocycles. The summed E-state index contributed by atoms with van der Waals surface area (Å²) in [5.41, 5.74) is 6.96. The van der Waals surface area contributed by atoms with Crippen LogP contribution in [0, 0.1) is 11.3 Å². The van der Waals surface area contributed by atoms with Crippen molar-refractivity contribution >= 4 is 11.8 Å². The molecule has 3 rings (SSSR count). The first-order chi connectivity index (χ1) is 9.34. The molecule has 4 heteroatoms. The van der Waals surface area contributed by atoms with E-state index in [0.29, 0.717) is 12.0 Å². The molecule has 0 amide bonds. The van der Waals surface area contributed by atoms with Crippen LogP contribution in [0.4, 0.5) is 0 Å². The Morgan fingerprint density at radius 1 is 1.25 bits per heavy atom. The van der Waals surface area contributed by atoms with E-state index in [0.717, 1.165) is 23.7 Å². The third-order valence-electron chi connectivity index (χ3n) is 5.88. The van der Waals surface area contributed by atoms with Gasteiger partial charge in [0.05, 0.1) is 6.10 Å². The van der Waals surface area contributed by atoms with Crippen LogP contribution < -0.4 is 5.73 Å². The molecule has 0 bridgehead atoms. The normalized spacial score (nSPS) is 48.5. The number of hydrogen-bond acceptors (Lipinski definition) is 4. The first kappa shape index (κ1) is 15.1. The van der Waals surface area contributed by atoms with Crippen LogP contribution in [0.2, 0.25) is 0 Å². The van der Waals surface area contributed by atoms with Gasteiger partial charge >= 0.3 is 0 Å². The van der Waals surface area contributed by atoms with Crippen molar-refractivity contribution in [2.45, 2.75) is 62.7 Å². The van der Waals surface area contributed by atoms with Crippen molar-refractivity contribution in [2.75, 3.05) is 26.2 Å². The fourth-order valence-corrected chi connectivity index (χ4v) is 6.16. The first-order valence-corrected chi connectivity index (χ1v) is 9.07. The van der Waals surface area contributed by atoms with Crippen LogP contribution in [0.1, 0.15) is 40.5 Å². The Balaban J connectivity index is 1.72. The van der Waals surface area contributed by atoms with Gasteiger partial charge in [0, 0.05) is 53.6 Å². The van der Waals surface area contributed by atoms with Gasteiger partial charge in [-0.05, 0) is 12.8 Å². The summed E-state index contributed by atoms with van der Waals surface area (Å²) in [5.74, 6) is 0.562. The molecule has 0 spiro atoms. The van der Waals surface area contributed by atoms with Crippen LogP contribution in [-0.4, -0.2) is 53.3 Å². The lowest BCUT2D eigenvalue weighted by Gasteiger charge is -2.67. The highest BCUT2D eigenvalue weighted by Gasteiger charge is 2.66. The van der Waals surface area contributed by atoms with E-state index in [9.17, 15) is 0 Å². The third kappa shape index (κ3) is 2.23. The van der Waals surface area contributed by atoms with Crippen LogP contribution in [0.15, 0.2) is 0 Å². The minimum atomic E-state index is -0.0699. The molecule has 3 fully saturated rings. The molecule has 3 aliphatic rings. The van der Waals surface area contributed by atoms with Gasteiger partial charge in [-0.2, -0.15) is 11.8 Å². The number of rotatable bonds is 2. The SMILES string of the molecule is CC1CN(CC2(N)C3CCCOC3C2(C)C)CC(C)S1. The number of ether oxygens (including phenoxy) is 1. The Hall–Kier alpha value is 0.230. The van der Waals surface area contributed by atoms with Gasteiger partial charge in [0.25, 0.3) is 0 Å². The molecule has 20 heavy (non-hydrogen) atoms. The average molecular weight is 298 g/mol. The second kappa shape index (κ2) is 5.15. The zero-order valence-electron chi connectivity index (χ0n) is 13.4. The summed E-state index contributed by atoms with van der Waals surface area (Å²) in [7, 11) is 0. The van der Waals surface area contributed by atoms with E-state index in [1.54, 1.807) is 0 Å². The van der Waals surface area contributed by atoms with Crippen molar-refractivity contribution in [1.82, 2.24) is 4.90 Å². The summed E-state index contributed by atoms with van der Waals surface area (Å²) in [6.07, 6.45) is 2.81. The molecular weight excluding hydrogens is 268 g/mol. The Morgan fingerprint density at radius 2 is 1.90 bits per heavy atom. The molecule has 5 unspecified atom stereocenters. The fourth-order valence-electron chi connectivity index (χ4n) is 4.77. The molecule has 0 aromatic rings. The lowest BCUT2D eigenvalue weighted by atomic mass is 9.46. The number of thioether (sulfide) groups is 1. The van der Waals surface area contributed by atoms with Gasteiger partial charge in [-0.15, -0.1) is 0 Å². The van der Waals surface area contributed by atoms with Gasteiger partial charge in [0.2, 0.25) is 0 Å². The molecule has 5 atom stereocenters. The Bertz CT molecular complexity index is 365. The van der Waals surface area contributed by atoms with Crippen LogP contribution in [-0.2, 0) is 4.74 Å². The van der Waals surface area contributed by atoms with Crippen molar-refractivity contribution in [1.29, 1.82) is 0 Å². The second-order valence-electron chi connectivity index (χ2n) is 7.75. The van der Waals surface area contributed by atoms with Gasteiger partial charge in [0.15, 0.2) is 0 Å². The zero-order valence-corrected chi connectivity index (χ0v) is 14.2. The minimum absolute atomic E-state index is 0.0699. The molecule has 3 nitrogen and oxygen atoms in total. The smallest absolute Gasteiger partial charge is 0.0690 e. The van der Waals surface area contributed by atoms with Crippen molar-refractivity contribution in [3.05, 3.63) is 0 Å². The number of nitrogens with zero attached hydrogens (tertiary/aromatic N) is 1. The topological polar surface area (TPSA) is 38.5 Å². The Morgan fingerprint density at radius 3 is 2.55 bits per heavy atom. The van der Waals surface area contributed by atoms with Crippen LogP contribution >= 0.6 is 11.8 Å². The molecule has 2 saturated heterocycles. The van der Waals surface area contributed by atoms with Gasteiger partial charge in [-0.25, -0.2) is 0 Å². The molecule has 2 N–H and O–H groups in total. The van der Waals surface area contributed by atoms with Crippen molar-refractivity contribution in [2.24, 2.45) is 17.1 Å². The zero-order chi connectivity index (χ0) is 14.5. The quantitative estimate of drug-likeness (QED) is 0.849. The summed E-state index contributed by atoms with van der Waals surface area (Å²) in [6.45, 7) is 13.6. The van der Waals surface area contributed by atoms with Gasteiger partial charge in [0.1, 0.15) is 0 Å². The highest BCUT2D eigenvalue weighted by atomic mass is 32.2. The third-order valence-corrected chi connectivity index (χ3v) is 7.10. The largest absolute Gasteiger partial charge is 0.377 e.